The van der Waals surface area contributed by atoms with Crippen LogP contribution in [0.4, 0.5) is 5.69 Å². The SMILES string of the molecule is NS(=O)(=O)CCNC1C(=O)Nc2cc(Br)ccc21. The topological polar surface area (TPSA) is 101 Å². The largest absolute Gasteiger partial charge is 0.324 e. The Morgan fingerprint density at radius 1 is 1.44 bits per heavy atom. The summed E-state index contributed by atoms with van der Waals surface area (Å²) in [6.45, 7) is 0.131. The van der Waals surface area contributed by atoms with Crippen molar-refractivity contribution in [3.05, 3.63) is 28.2 Å². The average Bonchev–Trinajstić information content (AvgIpc) is 2.52. The van der Waals surface area contributed by atoms with Crippen LogP contribution in [0.25, 0.3) is 0 Å². The summed E-state index contributed by atoms with van der Waals surface area (Å²) in [4.78, 5) is 11.7. The molecule has 0 fully saturated rings. The standard InChI is InChI=1S/C10H12BrN3O3S/c11-6-1-2-7-8(5-6)14-10(15)9(7)13-3-4-18(12,16)17/h1-2,5,9,13H,3-4H2,(H,14,15)(H2,12,16,17). The van der Waals surface area contributed by atoms with Crippen molar-refractivity contribution in [1.82, 2.24) is 5.32 Å². The van der Waals surface area contributed by atoms with Crippen LogP contribution in [0.3, 0.4) is 0 Å². The number of carbonyl (C=O) groups is 1. The lowest BCUT2D eigenvalue weighted by atomic mass is 10.1. The van der Waals surface area contributed by atoms with Gasteiger partial charge in [-0.25, -0.2) is 13.6 Å². The van der Waals surface area contributed by atoms with Crippen molar-refractivity contribution in [2.24, 2.45) is 5.14 Å². The van der Waals surface area contributed by atoms with Crippen LogP contribution in [0.15, 0.2) is 22.7 Å². The van der Waals surface area contributed by atoms with Gasteiger partial charge in [-0.05, 0) is 12.1 Å². The average molecular weight is 334 g/mol. The van der Waals surface area contributed by atoms with Gasteiger partial charge in [0, 0.05) is 22.3 Å². The Balaban J connectivity index is 2.09. The minimum atomic E-state index is -3.52. The summed E-state index contributed by atoms with van der Waals surface area (Å²) in [5.74, 6) is -0.402. The molecule has 1 aromatic rings. The molecule has 1 aliphatic rings. The van der Waals surface area contributed by atoms with Crippen LogP contribution < -0.4 is 15.8 Å². The summed E-state index contributed by atoms with van der Waals surface area (Å²) in [7, 11) is -3.52. The Hall–Kier alpha value is -0.960. The highest BCUT2D eigenvalue weighted by atomic mass is 79.9. The summed E-state index contributed by atoms with van der Waals surface area (Å²) < 4.78 is 22.5. The van der Waals surface area contributed by atoms with Crippen LogP contribution in [0, 0.1) is 0 Å². The molecule has 1 aliphatic heterocycles. The number of nitrogens with two attached hydrogens (primary N) is 1. The molecule has 0 saturated carbocycles. The first-order valence-electron chi connectivity index (χ1n) is 5.21. The van der Waals surface area contributed by atoms with Gasteiger partial charge in [-0.3, -0.25) is 4.79 Å². The van der Waals surface area contributed by atoms with Crippen LogP contribution in [-0.2, 0) is 14.8 Å². The highest BCUT2D eigenvalue weighted by Crippen LogP contribution is 2.32. The molecule has 0 spiro atoms. The van der Waals surface area contributed by atoms with Crippen LogP contribution >= 0.6 is 15.9 Å². The van der Waals surface area contributed by atoms with E-state index < -0.39 is 16.1 Å². The van der Waals surface area contributed by atoms with Gasteiger partial charge in [0.15, 0.2) is 0 Å². The molecule has 98 valence electrons. The van der Waals surface area contributed by atoms with Gasteiger partial charge in [-0.2, -0.15) is 0 Å². The highest BCUT2D eigenvalue weighted by Gasteiger charge is 2.30. The third-order valence-corrected chi connectivity index (χ3v) is 3.85. The number of fused-ring (bicyclic) bond motifs is 1. The number of primary sulfonamides is 1. The Labute approximate surface area is 113 Å². The van der Waals surface area contributed by atoms with Crippen LogP contribution in [-0.4, -0.2) is 26.6 Å². The van der Waals surface area contributed by atoms with Gasteiger partial charge in [0.25, 0.3) is 0 Å². The van der Waals surface area contributed by atoms with Gasteiger partial charge >= 0.3 is 0 Å². The van der Waals surface area contributed by atoms with Crippen molar-refractivity contribution in [3.8, 4) is 0 Å². The number of nitrogens with one attached hydrogen (secondary N) is 2. The summed E-state index contributed by atoms with van der Waals surface area (Å²) >= 11 is 3.32. The van der Waals surface area contributed by atoms with Crippen LogP contribution in [0.5, 0.6) is 0 Å². The monoisotopic (exact) mass is 333 g/mol. The number of rotatable bonds is 4. The fraction of sp³-hybridized carbons (Fsp3) is 0.300. The predicted molar refractivity (Wildman–Crippen MR) is 71.5 cm³/mol. The van der Waals surface area contributed by atoms with Gasteiger partial charge in [-0.1, -0.05) is 22.0 Å². The third kappa shape index (κ3) is 3.08. The molecule has 0 bridgehead atoms. The lowest BCUT2D eigenvalue weighted by Crippen LogP contribution is -2.33. The number of amides is 1. The van der Waals surface area contributed by atoms with Gasteiger partial charge in [-0.15, -0.1) is 0 Å². The lowest BCUT2D eigenvalue weighted by Gasteiger charge is -2.10. The van der Waals surface area contributed by atoms with Crippen LogP contribution in [0.1, 0.15) is 11.6 Å². The minimum absolute atomic E-state index is 0.131. The molecule has 2 rings (SSSR count). The van der Waals surface area contributed by atoms with Crippen molar-refractivity contribution in [1.29, 1.82) is 0 Å². The number of hydrogen-bond acceptors (Lipinski definition) is 4. The van der Waals surface area contributed by atoms with Gasteiger partial charge in [0.1, 0.15) is 6.04 Å². The second-order valence-electron chi connectivity index (χ2n) is 3.97. The summed E-state index contributed by atoms with van der Waals surface area (Å²) in [6, 6.07) is 4.91. The summed E-state index contributed by atoms with van der Waals surface area (Å²) in [6.07, 6.45) is 0. The molecule has 0 saturated heterocycles. The Morgan fingerprint density at radius 3 is 2.83 bits per heavy atom. The van der Waals surface area contributed by atoms with E-state index in [0.717, 1.165) is 15.7 Å². The first-order valence-corrected chi connectivity index (χ1v) is 7.72. The normalized spacial score (nSPS) is 18.6. The zero-order valence-corrected chi connectivity index (χ0v) is 11.7. The molecule has 18 heavy (non-hydrogen) atoms. The predicted octanol–water partition coefficient (Wildman–Crippen LogP) is 0.320. The molecule has 1 atom stereocenters. The maximum Gasteiger partial charge on any atom is 0.246 e. The van der Waals surface area contributed by atoms with Crippen molar-refractivity contribution >= 4 is 37.5 Å². The molecular weight excluding hydrogens is 322 g/mol. The number of halogens is 1. The zero-order valence-electron chi connectivity index (χ0n) is 9.31. The van der Waals surface area contributed by atoms with E-state index in [-0.39, 0.29) is 18.2 Å². The molecule has 1 heterocycles. The zero-order chi connectivity index (χ0) is 13.3. The summed E-state index contributed by atoms with van der Waals surface area (Å²) in [5.41, 5.74) is 1.53. The molecule has 4 N–H and O–H groups in total. The third-order valence-electron chi connectivity index (χ3n) is 2.58. The number of hydrogen-bond donors (Lipinski definition) is 3. The smallest absolute Gasteiger partial charge is 0.246 e. The first kappa shape index (κ1) is 13.5. The van der Waals surface area contributed by atoms with Crippen molar-refractivity contribution < 1.29 is 13.2 Å². The molecule has 6 nitrogen and oxygen atoms in total. The lowest BCUT2D eigenvalue weighted by molar-refractivity contribution is -0.117. The van der Waals surface area contributed by atoms with E-state index in [9.17, 15) is 13.2 Å². The molecule has 0 radical (unpaired) electrons. The second kappa shape index (κ2) is 4.96. The molecule has 1 unspecified atom stereocenters. The van der Waals surface area contributed by atoms with E-state index in [1.165, 1.54) is 0 Å². The minimum Gasteiger partial charge on any atom is -0.324 e. The molecule has 0 aliphatic carbocycles. The molecule has 8 heteroatoms. The van der Waals surface area contributed by atoms with E-state index >= 15 is 0 Å². The van der Waals surface area contributed by atoms with Gasteiger partial charge in [0.2, 0.25) is 15.9 Å². The van der Waals surface area contributed by atoms with Crippen molar-refractivity contribution in [2.45, 2.75) is 6.04 Å². The molecular formula is C10H12BrN3O3S. The Kier molecular flexibility index (Phi) is 3.71. The van der Waals surface area contributed by atoms with E-state index in [4.69, 9.17) is 5.14 Å². The number of benzene rings is 1. The number of anilines is 1. The van der Waals surface area contributed by atoms with E-state index in [2.05, 4.69) is 26.6 Å². The second-order valence-corrected chi connectivity index (χ2v) is 6.62. The van der Waals surface area contributed by atoms with Crippen molar-refractivity contribution in [3.63, 3.8) is 0 Å². The fourth-order valence-corrected chi connectivity index (χ4v) is 2.55. The fourth-order valence-electron chi connectivity index (χ4n) is 1.78. The summed E-state index contributed by atoms with van der Waals surface area (Å²) in [5, 5.41) is 10.5. The number of carbonyl (C=O) groups excluding carboxylic acids is 1. The van der Waals surface area contributed by atoms with E-state index in [1.807, 2.05) is 12.1 Å². The van der Waals surface area contributed by atoms with Crippen molar-refractivity contribution in [2.75, 3.05) is 17.6 Å². The van der Waals surface area contributed by atoms with Gasteiger partial charge in [0.05, 0.1) is 5.75 Å². The maximum absolute atomic E-state index is 11.7. The quantitative estimate of drug-likeness (QED) is 0.738. The van der Waals surface area contributed by atoms with E-state index in [1.54, 1.807) is 6.07 Å². The maximum atomic E-state index is 11.7. The highest BCUT2D eigenvalue weighted by molar-refractivity contribution is 9.10. The Morgan fingerprint density at radius 2 is 2.17 bits per heavy atom. The molecule has 1 amide bonds. The molecule has 1 aromatic carbocycles. The number of sulfonamides is 1. The Bertz CT molecular complexity index is 588. The molecule has 0 aromatic heterocycles. The van der Waals surface area contributed by atoms with E-state index in [0.29, 0.717) is 0 Å². The van der Waals surface area contributed by atoms with Gasteiger partial charge < -0.3 is 10.6 Å². The van der Waals surface area contributed by atoms with Crippen LogP contribution in [0.2, 0.25) is 0 Å². The first-order chi connectivity index (χ1) is 8.37.